The van der Waals surface area contributed by atoms with Gasteiger partial charge in [0.2, 0.25) is 5.91 Å². The van der Waals surface area contributed by atoms with Gasteiger partial charge < -0.3 is 20.5 Å². The van der Waals surface area contributed by atoms with Crippen molar-refractivity contribution in [2.45, 2.75) is 38.3 Å². The highest BCUT2D eigenvalue weighted by Crippen LogP contribution is 2.15. The normalized spacial score (nSPS) is 25.4. The van der Waals surface area contributed by atoms with Crippen LogP contribution in [0.2, 0.25) is 0 Å². The van der Waals surface area contributed by atoms with E-state index in [9.17, 15) is 9.59 Å². The molecule has 3 atom stereocenters. The second-order valence-electron chi connectivity index (χ2n) is 4.75. The number of carbonyl (C=O) groups is 2. The molecule has 3 unspecified atom stereocenters. The molecule has 1 aliphatic rings. The molecule has 0 aromatic rings. The Morgan fingerprint density at radius 1 is 1.56 bits per heavy atom. The molecule has 1 rings (SSSR count). The maximum Gasteiger partial charge on any atom is 0.306 e. The number of hydrogen-bond acceptors (Lipinski definition) is 4. The van der Waals surface area contributed by atoms with E-state index in [-0.39, 0.29) is 24.9 Å². The molecule has 1 heterocycles. The Hall–Kier alpha value is -1.14. The Bertz CT molecular complexity index is 296. The van der Waals surface area contributed by atoms with Gasteiger partial charge in [-0.15, -0.1) is 0 Å². The van der Waals surface area contributed by atoms with Crippen molar-refractivity contribution >= 4 is 11.9 Å². The second kappa shape index (κ2) is 7.33. The number of carboxylic acid groups (broad SMARTS) is 1. The van der Waals surface area contributed by atoms with Crippen LogP contribution in [0.1, 0.15) is 26.2 Å². The van der Waals surface area contributed by atoms with Crippen LogP contribution in [0.15, 0.2) is 0 Å². The fourth-order valence-electron chi connectivity index (χ4n) is 2.16. The van der Waals surface area contributed by atoms with Crippen LogP contribution in [0.4, 0.5) is 0 Å². The zero-order valence-corrected chi connectivity index (χ0v) is 10.9. The minimum atomic E-state index is -0.930. The number of aliphatic carboxylic acids is 1. The van der Waals surface area contributed by atoms with Gasteiger partial charge in [-0.3, -0.25) is 9.59 Å². The number of methoxy groups -OCH3 is 1. The van der Waals surface area contributed by atoms with Gasteiger partial charge in [-0.25, -0.2) is 0 Å². The summed E-state index contributed by atoms with van der Waals surface area (Å²) in [4.78, 5) is 22.5. The van der Waals surface area contributed by atoms with E-state index in [1.807, 2.05) is 6.92 Å². The summed E-state index contributed by atoms with van der Waals surface area (Å²) in [7, 11) is 1.45. The summed E-state index contributed by atoms with van der Waals surface area (Å²) in [5.41, 5.74) is 0. The summed E-state index contributed by atoms with van der Waals surface area (Å²) in [6.07, 6.45) is 1.54. The van der Waals surface area contributed by atoms with Crippen LogP contribution in [0.3, 0.4) is 0 Å². The Morgan fingerprint density at radius 2 is 2.28 bits per heavy atom. The van der Waals surface area contributed by atoms with Crippen molar-refractivity contribution in [1.82, 2.24) is 10.6 Å². The van der Waals surface area contributed by atoms with E-state index < -0.39 is 12.1 Å². The number of hydrogen-bond donors (Lipinski definition) is 3. The molecule has 0 radical (unpaired) electrons. The predicted octanol–water partition coefficient (Wildman–Crippen LogP) is -0.0196. The van der Waals surface area contributed by atoms with Crippen LogP contribution in [0.25, 0.3) is 0 Å². The van der Waals surface area contributed by atoms with Crippen molar-refractivity contribution in [2.75, 3.05) is 20.2 Å². The number of rotatable bonds is 6. The van der Waals surface area contributed by atoms with Gasteiger partial charge in [0.1, 0.15) is 0 Å². The lowest BCUT2D eigenvalue weighted by Crippen LogP contribution is -2.52. The maximum absolute atomic E-state index is 11.9. The first-order chi connectivity index (χ1) is 8.54. The monoisotopic (exact) mass is 258 g/mol. The number of ether oxygens (including phenoxy) is 1. The molecule has 1 saturated heterocycles. The molecule has 3 N–H and O–H groups in total. The van der Waals surface area contributed by atoms with Gasteiger partial charge in [-0.2, -0.15) is 0 Å². The van der Waals surface area contributed by atoms with Crippen LogP contribution in [-0.2, 0) is 14.3 Å². The van der Waals surface area contributed by atoms with Crippen molar-refractivity contribution in [3.8, 4) is 0 Å². The zero-order chi connectivity index (χ0) is 13.5. The molecule has 0 aromatic carbocycles. The van der Waals surface area contributed by atoms with Crippen LogP contribution < -0.4 is 10.6 Å². The second-order valence-corrected chi connectivity index (χ2v) is 4.75. The van der Waals surface area contributed by atoms with E-state index in [1.54, 1.807) is 0 Å². The number of piperidine rings is 1. The quantitative estimate of drug-likeness (QED) is 0.623. The average molecular weight is 258 g/mol. The maximum atomic E-state index is 11.9. The van der Waals surface area contributed by atoms with Gasteiger partial charge in [-0.05, 0) is 25.3 Å². The van der Waals surface area contributed by atoms with Gasteiger partial charge in [0.15, 0.2) is 0 Å². The van der Waals surface area contributed by atoms with Crippen LogP contribution in [-0.4, -0.2) is 49.3 Å². The molecule has 0 bridgehead atoms. The van der Waals surface area contributed by atoms with Gasteiger partial charge >= 0.3 is 5.97 Å². The number of nitrogens with one attached hydrogen (secondary N) is 2. The van der Waals surface area contributed by atoms with Crippen LogP contribution in [0.5, 0.6) is 0 Å². The van der Waals surface area contributed by atoms with Gasteiger partial charge in [0.25, 0.3) is 0 Å². The third-order valence-electron chi connectivity index (χ3n) is 3.29. The van der Waals surface area contributed by atoms with Crippen molar-refractivity contribution in [2.24, 2.45) is 5.92 Å². The first kappa shape index (κ1) is 14.9. The van der Waals surface area contributed by atoms with E-state index in [1.165, 1.54) is 7.11 Å². The largest absolute Gasteiger partial charge is 0.481 e. The van der Waals surface area contributed by atoms with Crippen molar-refractivity contribution < 1.29 is 19.4 Å². The summed E-state index contributed by atoms with van der Waals surface area (Å²) >= 11 is 0. The fraction of sp³-hybridized carbons (Fsp3) is 0.833. The summed E-state index contributed by atoms with van der Waals surface area (Å²) in [6.45, 7) is 3.12. The predicted molar refractivity (Wildman–Crippen MR) is 66.2 cm³/mol. The topological polar surface area (TPSA) is 87.7 Å². The molecule has 1 fully saturated rings. The average Bonchev–Trinajstić information content (AvgIpc) is 2.34. The highest BCUT2D eigenvalue weighted by atomic mass is 16.5. The molecular formula is C12H22N2O4. The molecule has 0 aromatic heterocycles. The number of amides is 1. The van der Waals surface area contributed by atoms with E-state index in [0.717, 1.165) is 19.4 Å². The summed E-state index contributed by atoms with van der Waals surface area (Å²) in [6, 6.07) is -0.180. The highest BCUT2D eigenvalue weighted by Gasteiger charge is 2.27. The van der Waals surface area contributed by atoms with Crippen LogP contribution in [0, 0.1) is 5.92 Å². The lowest BCUT2D eigenvalue weighted by atomic mass is 9.92. The Balaban J connectivity index is 2.36. The van der Waals surface area contributed by atoms with E-state index in [4.69, 9.17) is 9.84 Å². The molecular weight excluding hydrogens is 236 g/mol. The van der Waals surface area contributed by atoms with E-state index >= 15 is 0 Å². The molecule has 18 heavy (non-hydrogen) atoms. The summed E-state index contributed by atoms with van der Waals surface area (Å²) in [5, 5.41) is 14.6. The Kier molecular flexibility index (Phi) is 6.07. The lowest BCUT2D eigenvalue weighted by Gasteiger charge is -2.29. The molecule has 0 saturated carbocycles. The van der Waals surface area contributed by atoms with Gasteiger partial charge in [-0.1, -0.05) is 6.92 Å². The third kappa shape index (κ3) is 4.62. The van der Waals surface area contributed by atoms with Gasteiger partial charge in [0.05, 0.1) is 18.6 Å². The van der Waals surface area contributed by atoms with E-state index in [2.05, 4.69) is 10.6 Å². The zero-order valence-electron chi connectivity index (χ0n) is 10.9. The van der Waals surface area contributed by atoms with Crippen molar-refractivity contribution in [1.29, 1.82) is 0 Å². The lowest BCUT2D eigenvalue weighted by molar-refractivity contribution is -0.140. The first-order valence-corrected chi connectivity index (χ1v) is 6.30. The molecule has 1 aliphatic heterocycles. The molecule has 104 valence electrons. The first-order valence-electron chi connectivity index (χ1n) is 6.30. The van der Waals surface area contributed by atoms with Crippen molar-refractivity contribution in [3.63, 3.8) is 0 Å². The fourth-order valence-corrected chi connectivity index (χ4v) is 2.16. The smallest absolute Gasteiger partial charge is 0.306 e. The molecule has 1 amide bonds. The molecule has 0 spiro atoms. The van der Waals surface area contributed by atoms with Crippen molar-refractivity contribution in [3.05, 3.63) is 0 Å². The Morgan fingerprint density at radius 3 is 2.83 bits per heavy atom. The standard InChI is InChI=1S/C12H22N2O4/c1-8-4-3-5-13-11(8)12(17)14-7-9(18-2)6-10(15)16/h8-9,11,13H,3-7H2,1-2H3,(H,14,17)(H,15,16). The highest BCUT2D eigenvalue weighted by molar-refractivity contribution is 5.82. The number of carbonyl (C=O) groups excluding carboxylic acids is 1. The third-order valence-corrected chi connectivity index (χ3v) is 3.29. The summed E-state index contributed by atoms with van der Waals surface area (Å²) in [5.74, 6) is -0.700. The van der Waals surface area contributed by atoms with E-state index in [0.29, 0.717) is 5.92 Å². The molecule has 6 nitrogen and oxygen atoms in total. The minimum absolute atomic E-state index is 0.0744. The Labute approximate surface area is 107 Å². The summed E-state index contributed by atoms with van der Waals surface area (Å²) < 4.78 is 5.01. The number of carboxylic acids is 1. The van der Waals surface area contributed by atoms with Crippen LogP contribution >= 0.6 is 0 Å². The molecule has 0 aliphatic carbocycles. The molecule has 6 heteroatoms. The van der Waals surface area contributed by atoms with Gasteiger partial charge in [0, 0.05) is 13.7 Å². The SMILES string of the molecule is COC(CNC(=O)C1NCCCC1C)CC(=O)O. The minimum Gasteiger partial charge on any atom is -0.481 e.